The van der Waals surface area contributed by atoms with Crippen molar-refractivity contribution < 1.29 is 14.7 Å². The number of aromatic nitrogens is 1. The number of carbonyl (C=O) groups excluding carboxylic acids is 1. The number of aliphatic carboxylic acids is 1. The van der Waals surface area contributed by atoms with Crippen LogP contribution in [0.3, 0.4) is 0 Å². The van der Waals surface area contributed by atoms with Gasteiger partial charge >= 0.3 is 5.97 Å². The van der Waals surface area contributed by atoms with Gasteiger partial charge in [0, 0.05) is 10.9 Å². The Morgan fingerprint density at radius 1 is 0.867 bits per heavy atom. The molecule has 0 saturated carbocycles. The Bertz CT molecular complexity index is 1190. The SMILES string of the molecule is O=C(Cc1cc(-c2ccccc2)nc2ccccc12)N[C@@H](C(=O)O)c1ccccc1. The zero-order valence-electron chi connectivity index (χ0n) is 16.2. The normalized spacial score (nSPS) is 11.7. The molecule has 0 bridgehead atoms. The van der Waals surface area contributed by atoms with Crippen LogP contribution in [0.4, 0.5) is 0 Å². The maximum atomic E-state index is 12.8. The molecule has 1 heterocycles. The Morgan fingerprint density at radius 3 is 2.20 bits per heavy atom. The summed E-state index contributed by atoms with van der Waals surface area (Å²) >= 11 is 0. The van der Waals surface area contributed by atoms with E-state index in [1.54, 1.807) is 30.3 Å². The van der Waals surface area contributed by atoms with Gasteiger partial charge in [-0.15, -0.1) is 0 Å². The number of amides is 1. The summed E-state index contributed by atoms with van der Waals surface area (Å²) in [5.74, 6) is -1.46. The monoisotopic (exact) mass is 396 g/mol. The van der Waals surface area contributed by atoms with Gasteiger partial charge < -0.3 is 10.4 Å². The number of pyridine rings is 1. The third-order valence-corrected chi connectivity index (χ3v) is 4.91. The van der Waals surface area contributed by atoms with Crippen LogP contribution in [0.15, 0.2) is 91.0 Å². The Hall–Kier alpha value is -3.99. The predicted octanol–water partition coefficient (Wildman–Crippen LogP) is 4.39. The minimum Gasteiger partial charge on any atom is -0.479 e. The Kier molecular flexibility index (Phi) is 5.52. The second kappa shape index (κ2) is 8.57. The molecule has 2 N–H and O–H groups in total. The molecule has 5 heteroatoms. The molecule has 0 aliphatic heterocycles. The fraction of sp³-hybridized carbons (Fsp3) is 0.0800. The van der Waals surface area contributed by atoms with Gasteiger partial charge in [0.05, 0.1) is 17.6 Å². The summed E-state index contributed by atoms with van der Waals surface area (Å²) in [5.41, 5.74) is 3.85. The first-order valence-electron chi connectivity index (χ1n) is 9.63. The lowest BCUT2D eigenvalue weighted by Gasteiger charge is -2.16. The molecular weight excluding hydrogens is 376 g/mol. The number of hydrogen-bond acceptors (Lipinski definition) is 3. The first-order valence-corrected chi connectivity index (χ1v) is 9.63. The van der Waals surface area contributed by atoms with E-state index in [0.29, 0.717) is 5.56 Å². The molecule has 0 unspecified atom stereocenters. The van der Waals surface area contributed by atoms with E-state index in [-0.39, 0.29) is 12.3 Å². The van der Waals surface area contributed by atoms with Gasteiger partial charge in [0.15, 0.2) is 6.04 Å². The quantitative estimate of drug-likeness (QED) is 0.507. The predicted molar refractivity (Wildman–Crippen MR) is 116 cm³/mol. The second-order valence-corrected chi connectivity index (χ2v) is 6.98. The number of para-hydroxylation sites is 1. The number of nitrogens with one attached hydrogen (secondary N) is 1. The first-order chi connectivity index (χ1) is 14.6. The van der Waals surface area contributed by atoms with Crippen molar-refractivity contribution in [3.05, 3.63) is 102 Å². The average Bonchev–Trinajstić information content (AvgIpc) is 2.78. The number of nitrogens with zero attached hydrogens (tertiary/aromatic N) is 1. The van der Waals surface area contributed by atoms with Crippen LogP contribution in [0.5, 0.6) is 0 Å². The van der Waals surface area contributed by atoms with E-state index in [2.05, 4.69) is 5.32 Å². The van der Waals surface area contributed by atoms with Crippen molar-refractivity contribution in [1.29, 1.82) is 0 Å². The van der Waals surface area contributed by atoms with Crippen molar-refractivity contribution in [2.75, 3.05) is 0 Å². The minimum absolute atomic E-state index is 0.0550. The summed E-state index contributed by atoms with van der Waals surface area (Å²) in [7, 11) is 0. The van der Waals surface area contributed by atoms with Crippen molar-refractivity contribution in [2.45, 2.75) is 12.5 Å². The summed E-state index contributed by atoms with van der Waals surface area (Å²) in [6.45, 7) is 0. The van der Waals surface area contributed by atoms with E-state index < -0.39 is 12.0 Å². The standard InChI is InChI=1S/C25H20N2O3/c28-23(27-24(25(29)30)18-11-5-2-6-12-18)16-19-15-22(17-9-3-1-4-10-17)26-21-14-8-7-13-20(19)21/h1-15,24H,16H2,(H,27,28)(H,29,30)/t24-/m1/s1. The van der Waals surface area contributed by atoms with Gasteiger partial charge in [-0.25, -0.2) is 9.78 Å². The smallest absolute Gasteiger partial charge is 0.330 e. The molecule has 1 amide bonds. The first kappa shape index (κ1) is 19.3. The third-order valence-electron chi connectivity index (χ3n) is 4.91. The van der Waals surface area contributed by atoms with Crippen molar-refractivity contribution in [3.8, 4) is 11.3 Å². The van der Waals surface area contributed by atoms with Gasteiger partial charge in [-0.1, -0.05) is 78.9 Å². The molecule has 1 atom stereocenters. The molecule has 0 aliphatic carbocycles. The van der Waals surface area contributed by atoms with Crippen molar-refractivity contribution in [3.63, 3.8) is 0 Å². The van der Waals surface area contributed by atoms with Gasteiger partial charge in [-0.3, -0.25) is 4.79 Å². The van der Waals surface area contributed by atoms with Crippen LogP contribution in [0, 0.1) is 0 Å². The molecule has 148 valence electrons. The highest BCUT2D eigenvalue weighted by atomic mass is 16.4. The summed E-state index contributed by atoms with van der Waals surface area (Å²) in [6.07, 6.45) is 0.0550. The number of rotatable bonds is 6. The minimum atomic E-state index is -1.10. The van der Waals surface area contributed by atoms with Crippen LogP contribution in [0.2, 0.25) is 0 Å². The Balaban J connectivity index is 1.65. The molecular formula is C25H20N2O3. The maximum absolute atomic E-state index is 12.8. The molecule has 4 aromatic rings. The zero-order valence-corrected chi connectivity index (χ0v) is 16.2. The van der Waals surface area contributed by atoms with Gasteiger partial charge in [0.1, 0.15) is 0 Å². The average molecular weight is 396 g/mol. The van der Waals surface area contributed by atoms with Crippen LogP contribution in [-0.2, 0) is 16.0 Å². The summed E-state index contributed by atoms with van der Waals surface area (Å²) in [4.78, 5) is 29.2. The number of hydrogen-bond donors (Lipinski definition) is 2. The van der Waals surface area contributed by atoms with Crippen molar-refractivity contribution in [1.82, 2.24) is 10.3 Å². The van der Waals surface area contributed by atoms with Crippen molar-refractivity contribution in [2.24, 2.45) is 0 Å². The van der Waals surface area contributed by atoms with E-state index in [9.17, 15) is 14.7 Å². The van der Waals surface area contributed by atoms with E-state index in [1.165, 1.54) is 0 Å². The number of carboxylic acids is 1. The van der Waals surface area contributed by atoms with Crippen LogP contribution in [0.25, 0.3) is 22.2 Å². The molecule has 0 radical (unpaired) electrons. The molecule has 0 fully saturated rings. The number of carboxylic acid groups (broad SMARTS) is 1. The summed E-state index contributed by atoms with van der Waals surface area (Å²) < 4.78 is 0. The van der Waals surface area contributed by atoms with Crippen molar-refractivity contribution >= 4 is 22.8 Å². The number of fused-ring (bicyclic) bond motifs is 1. The van der Waals surface area contributed by atoms with E-state index >= 15 is 0 Å². The third kappa shape index (κ3) is 4.20. The van der Waals surface area contributed by atoms with Gasteiger partial charge in [-0.05, 0) is 23.3 Å². The summed E-state index contributed by atoms with van der Waals surface area (Å²) in [5, 5.41) is 13.1. The van der Waals surface area contributed by atoms with E-state index in [4.69, 9.17) is 4.98 Å². The topological polar surface area (TPSA) is 79.3 Å². The molecule has 30 heavy (non-hydrogen) atoms. The van der Waals surface area contributed by atoms with Gasteiger partial charge in [-0.2, -0.15) is 0 Å². The largest absolute Gasteiger partial charge is 0.479 e. The van der Waals surface area contributed by atoms with Crippen LogP contribution >= 0.6 is 0 Å². The van der Waals surface area contributed by atoms with E-state index in [0.717, 1.165) is 27.7 Å². The van der Waals surface area contributed by atoms with Crippen LogP contribution in [0.1, 0.15) is 17.2 Å². The fourth-order valence-electron chi connectivity index (χ4n) is 3.47. The Morgan fingerprint density at radius 2 is 1.50 bits per heavy atom. The van der Waals surface area contributed by atoms with Crippen LogP contribution in [-0.4, -0.2) is 22.0 Å². The maximum Gasteiger partial charge on any atom is 0.330 e. The number of carbonyl (C=O) groups is 2. The molecule has 0 spiro atoms. The van der Waals surface area contributed by atoms with Gasteiger partial charge in [0.2, 0.25) is 5.91 Å². The van der Waals surface area contributed by atoms with E-state index in [1.807, 2.05) is 60.7 Å². The summed E-state index contributed by atoms with van der Waals surface area (Å²) in [6, 6.07) is 26.9. The molecule has 5 nitrogen and oxygen atoms in total. The molecule has 0 aliphatic rings. The van der Waals surface area contributed by atoms with Gasteiger partial charge in [0.25, 0.3) is 0 Å². The zero-order chi connectivity index (χ0) is 20.9. The highest BCUT2D eigenvalue weighted by molar-refractivity contribution is 5.91. The fourth-order valence-corrected chi connectivity index (χ4v) is 3.47. The molecule has 1 aromatic heterocycles. The Labute approximate surface area is 174 Å². The highest BCUT2D eigenvalue weighted by Crippen LogP contribution is 2.25. The molecule has 0 saturated heterocycles. The lowest BCUT2D eigenvalue weighted by Crippen LogP contribution is -2.34. The molecule has 4 rings (SSSR count). The highest BCUT2D eigenvalue weighted by Gasteiger charge is 2.22. The lowest BCUT2D eigenvalue weighted by molar-refractivity contribution is -0.141. The van der Waals surface area contributed by atoms with Crippen LogP contribution < -0.4 is 5.32 Å². The second-order valence-electron chi connectivity index (χ2n) is 6.98. The number of benzene rings is 3. The molecule has 3 aromatic carbocycles. The lowest BCUT2D eigenvalue weighted by atomic mass is 10.0.